The van der Waals surface area contributed by atoms with E-state index in [0.717, 1.165) is 0 Å². The summed E-state index contributed by atoms with van der Waals surface area (Å²) >= 11 is 0. The van der Waals surface area contributed by atoms with Gasteiger partial charge in [0.1, 0.15) is 11.5 Å². The molecule has 0 spiro atoms. The Bertz CT molecular complexity index is 529. The number of allylic oxidation sites excluding steroid dienone is 1. The van der Waals surface area contributed by atoms with Gasteiger partial charge >= 0.3 is 0 Å². The molecule has 0 aliphatic rings. The van der Waals surface area contributed by atoms with E-state index in [9.17, 15) is 15.3 Å². The Balaban J connectivity index is 2.72. The summed E-state index contributed by atoms with van der Waals surface area (Å²) in [4.78, 5) is 0. The number of ether oxygens (including phenoxy) is 1. The average Bonchev–Trinajstić information content (AvgIpc) is 2.36. The first-order valence-corrected chi connectivity index (χ1v) is 6.24. The van der Waals surface area contributed by atoms with Gasteiger partial charge in [-0.15, -0.1) is 0 Å². The van der Waals surface area contributed by atoms with Crippen LogP contribution in [-0.2, 0) is 4.74 Å². The van der Waals surface area contributed by atoms with Crippen molar-refractivity contribution >= 4 is 6.08 Å². The SMILES string of the molecule is C=C(/C=C/c1ccc(O)c(O)c1)OC(C(=C)O)C(C)C. The molecule has 0 bridgehead atoms. The van der Waals surface area contributed by atoms with Gasteiger partial charge in [0.15, 0.2) is 17.6 Å². The zero-order valence-corrected chi connectivity index (χ0v) is 11.7. The summed E-state index contributed by atoms with van der Waals surface area (Å²) in [5.41, 5.74) is 0.689. The van der Waals surface area contributed by atoms with Gasteiger partial charge < -0.3 is 20.1 Å². The molecular formula is C16H20O4. The van der Waals surface area contributed by atoms with Crippen LogP contribution in [0.1, 0.15) is 19.4 Å². The lowest BCUT2D eigenvalue weighted by atomic mass is 10.1. The number of rotatable bonds is 6. The van der Waals surface area contributed by atoms with E-state index in [-0.39, 0.29) is 23.2 Å². The molecule has 1 atom stereocenters. The fraction of sp³-hybridized carbons (Fsp3) is 0.250. The molecule has 1 aromatic rings. The molecule has 4 heteroatoms. The minimum absolute atomic E-state index is 0.0446. The van der Waals surface area contributed by atoms with Gasteiger partial charge in [-0.1, -0.05) is 39.1 Å². The Labute approximate surface area is 119 Å². The topological polar surface area (TPSA) is 69.9 Å². The highest BCUT2D eigenvalue weighted by atomic mass is 16.5. The fourth-order valence-electron chi connectivity index (χ4n) is 1.62. The number of phenolic OH excluding ortho intramolecular Hbond substituents is 2. The van der Waals surface area contributed by atoms with Gasteiger partial charge in [0.25, 0.3) is 0 Å². The van der Waals surface area contributed by atoms with E-state index in [1.165, 1.54) is 12.1 Å². The number of aliphatic hydroxyl groups is 1. The van der Waals surface area contributed by atoms with Gasteiger partial charge in [0.05, 0.1) is 0 Å². The van der Waals surface area contributed by atoms with Crippen LogP contribution in [-0.4, -0.2) is 21.4 Å². The Morgan fingerprint density at radius 1 is 1.20 bits per heavy atom. The second-order valence-electron chi connectivity index (χ2n) is 4.82. The van der Waals surface area contributed by atoms with Crippen molar-refractivity contribution in [3.8, 4) is 11.5 Å². The van der Waals surface area contributed by atoms with E-state index in [2.05, 4.69) is 13.2 Å². The van der Waals surface area contributed by atoms with Crippen LogP contribution in [0.3, 0.4) is 0 Å². The van der Waals surface area contributed by atoms with Crippen LogP contribution < -0.4 is 0 Å². The number of hydrogen-bond acceptors (Lipinski definition) is 4. The third-order valence-electron chi connectivity index (χ3n) is 2.67. The second-order valence-corrected chi connectivity index (χ2v) is 4.82. The average molecular weight is 276 g/mol. The summed E-state index contributed by atoms with van der Waals surface area (Å²) in [6.45, 7) is 11.0. The highest BCUT2D eigenvalue weighted by molar-refractivity contribution is 5.56. The Morgan fingerprint density at radius 3 is 2.35 bits per heavy atom. The van der Waals surface area contributed by atoms with Gasteiger partial charge in [-0.3, -0.25) is 0 Å². The molecule has 0 radical (unpaired) electrons. The molecule has 1 aromatic carbocycles. The lowest BCUT2D eigenvalue weighted by molar-refractivity contribution is 0.0785. The van der Waals surface area contributed by atoms with Crippen LogP contribution in [0, 0.1) is 5.92 Å². The summed E-state index contributed by atoms with van der Waals surface area (Å²) in [5.74, 6) is 0.0230. The predicted molar refractivity (Wildman–Crippen MR) is 79.4 cm³/mol. The molecule has 0 aliphatic heterocycles. The molecule has 108 valence electrons. The van der Waals surface area contributed by atoms with Crippen LogP contribution in [0.2, 0.25) is 0 Å². The van der Waals surface area contributed by atoms with Crippen molar-refractivity contribution in [2.24, 2.45) is 5.92 Å². The number of aromatic hydroxyl groups is 2. The Morgan fingerprint density at radius 2 is 1.85 bits per heavy atom. The van der Waals surface area contributed by atoms with Crippen molar-refractivity contribution < 1.29 is 20.1 Å². The van der Waals surface area contributed by atoms with Gasteiger partial charge in [-0.25, -0.2) is 0 Å². The zero-order chi connectivity index (χ0) is 15.3. The van der Waals surface area contributed by atoms with Crippen molar-refractivity contribution in [3.63, 3.8) is 0 Å². The molecule has 20 heavy (non-hydrogen) atoms. The lowest BCUT2D eigenvalue weighted by Gasteiger charge is -2.21. The minimum Gasteiger partial charge on any atom is -0.509 e. The maximum Gasteiger partial charge on any atom is 0.157 e. The van der Waals surface area contributed by atoms with E-state index in [0.29, 0.717) is 11.3 Å². The summed E-state index contributed by atoms with van der Waals surface area (Å²) in [5, 5.41) is 28.0. The molecule has 1 unspecified atom stereocenters. The molecule has 1 rings (SSSR count). The number of benzene rings is 1. The van der Waals surface area contributed by atoms with Gasteiger partial charge in [0.2, 0.25) is 0 Å². The molecule has 0 fully saturated rings. The van der Waals surface area contributed by atoms with Crippen molar-refractivity contribution in [2.75, 3.05) is 0 Å². The molecule has 0 saturated heterocycles. The first-order chi connectivity index (χ1) is 9.31. The number of phenols is 2. The third-order valence-corrected chi connectivity index (χ3v) is 2.67. The first kappa shape index (κ1) is 15.7. The predicted octanol–water partition coefficient (Wildman–Crippen LogP) is 3.74. The largest absolute Gasteiger partial charge is 0.509 e. The molecule has 4 nitrogen and oxygen atoms in total. The van der Waals surface area contributed by atoms with Crippen molar-refractivity contribution in [1.82, 2.24) is 0 Å². The standard InChI is InChI=1S/C16H20O4/c1-10(2)16(12(4)17)20-11(3)5-6-13-7-8-14(18)15(19)9-13/h5-10,16-19H,3-4H2,1-2H3/b6-5+. The number of aliphatic hydroxyl groups excluding tert-OH is 1. The summed E-state index contributed by atoms with van der Waals surface area (Å²) < 4.78 is 5.51. The second kappa shape index (κ2) is 6.70. The van der Waals surface area contributed by atoms with Crippen LogP contribution in [0.25, 0.3) is 6.08 Å². The van der Waals surface area contributed by atoms with Crippen LogP contribution in [0.15, 0.2) is 49.0 Å². The molecule has 0 aromatic heterocycles. The fourth-order valence-corrected chi connectivity index (χ4v) is 1.62. The lowest BCUT2D eigenvalue weighted by Crippen LogP contribution is -2.21. The van der Waals surface area contributed by atoms with Crippen molar-refractivity contribution in [1.29, 1.82) is 0 Å². The monoisotopic (exact) mass is 276 g/mol. The maximum atomic E-state index is 9.44. The van der Waals surface area contributed by atoms with Gasteiger partial charge in [-0.2, -0.15) is 0 Å². The first-order valence-electron chi connectivity index (χ1n) is 6.24. The van der Waals surface area contributed by atoms with E-state index < -0.39 is 6.10 Å². The molecule has 0 amide bonds. The Kier molecular flexibility index (Phi) is 5.26. The molecule has 0 heterocycles. The Hall–Kier alpha value is -2.36. The molecule has 3 N–H and O–H groups in total. The molecular weight excluding hydrogens is 256 g/mol. The van der Waals surface area contributed by atoms with Crippen LogP contribution in [0.4, 0.5) is 0 Å². The molecule has 0 aliphatic carbocycles. The summed E-state index contributed by atoms with van der Waals surface area (Å²) in [6, 6.07) is 4.46. The normalized spacial score (nSPS) is 12.6. The quantitative estimate of drug-likeness (QED) is 0.420. The highest BCUT2D eigenvalue weighted by Gasteiger charge is 2.17. The summed E-state index contributed by atoms with van der Waals surface area (Å²) in [7, 11) is 0. The van der Waals surface area contributed by atoms with E-state index in [4.69, 9.17) is 4.74 Å². The minimum atomic E-state index is -0.514. The van der Waals surface area contributed by atoms with E-state index in [1.807, 2.05) is 13.8 Å². The third kappa shape index (κ3) is 4.39. The maximum absolute atomic E-state index is 9.44. The van der Waals surface area contributed by atoms with Gasteiger partial charge in [0, 0.05) is 0 Å². The number of hydrogen-bond donors (Lipinski definition) is 3. The van der Waals surface area contributed by atoms with E-state index in [1.54, 1.807) is 18.2 Å². The molecule has 0 saturated carbocycles. The summed E-state index contributed by atoms with van der Waals surface area (Å²) in [6.07, 6.45) is 2.78. The van der Waals surface area contributed by atoms with Crippen LogP contribution >= 0.6 is 0 Å². The highest BCUT2D eigenvalue weighted by Crippen LogP contribution is 2.25. The van der Waals surface area contributed by atoms with E-state index >= 15 is 0 Å². The zero-order valence-electron chi connectivity index (χ0n) is 11.7. The van der Waals surface area contributed by atoms with Crippen molar-refractivity contribution in [3.05, 3.63) is 54.5 Å². The van der Waals surface area contributed by atoms with Gasteiger partial charge in [-0.05, 0) is 29.7 Å². The van der Waals surface area contributed by atoms with Crippen LogP contribution in [0.5, 0.6) is 11.5 Å². The smallest absolute Gasteiger partial charge is 0.157 e. The van der Waals surface area contributed by atoms with Crippen molar-refractivity contribution in [2.45, 2.75) is 20.0 Å².